The zero-order valence-corrected chi connectivity index (χ0v) is 4.70. The second-order valence-corrected chi connectivity index (χ2v) is 1.01. The van der Waals surface area contributed by atoms with E-state index in [-0.39, 0.29) is 6.73 Å². The molecular formula is C4H8N2O2. The van der Waals surface area contributed by atoms with Crippen molar-refractivity contribution in [3.63, 3.8) is 0 Å². The van der Waals surface area contributed by atoms with E-state index in [4.69, 9.17) is 0 Å². The minimum absolute atomic E-state index is 0.0833. The third kappa shape index (κ3) is 3.14. The SMILES string of the molecule is C=COC[N+]([O-])=NC. The van der Waals surface area contributed by atoms with Gasteiger partial charge < -0.3 is 9.94 Å². The number of rotatable bonds is 3. The second-order valence-electron chi connectivity index (χ2n) is 1.01. The molecule has 0 aliphatic carbocycles. The van der Waals surface area contributed by atoms with Gasteiger partial charge in [-0.05, 0) is 5.11 Å². The molecule has 0 heterocycles. The zero-order valence-electron chi connectivity index (χ0n) is 4.70. The molecule has 0 fully saturated rings. The van der Waals surface area contributed by atoms with E-state index in [0.717, 1.165) is 0 Å². The molecule has 8 heavy (non-hydrogen) atoms. The van der Waals surface area contributed by atoms with Gasteiger partial charge in [0, 0.05) is 0 Å². The Morgan fingerprint density at radius 3 is 3.00 bits per heavy atom. The van der Waals surface area contributed by atoms with Crippen molar-refractivity contribution < 1.29 is 9.60 Å². The van der Waals surface area contributed by atoms with Crippen LogP contribution in [0.3, 0.4) is 0 Å². The topological polar surface area (TPSA) is 47.7 Å². The lowest BCUT2D eigenvalue weighted by molar-refractivity contribution is -0.564. The third-order valence-corrected chi connectivity index (χ3v) is 0.526. The second kappa shape index (κ2) is 4.11. The van der Waals surface area contributed by atoms with Gasteiger partial charge in [-0.1, -0.05) is 11.4 Å². The summed E-state index contributed by atoms with van der Waals surface area (Å²) in [5.74, 6) is 0. The zero-order chi connectivity index (χ0) is 6.41. The summed E-state index contributed by atoms with van der Waals surface area (Å²) in [5.41, 5.74) is 0. The molecule has 4 nitrogen and oxygen atoms in total. The molecule has 0 aromatic rings. The fourth-order valence-corrected chi connectivity index (χ4v) is 0.174. The molecule has 0 atom stereocenters. The first-order chi connectivity index (χ1) is 3.81. The van der Waals surface area contributed by atoms with E-state index in [1.165, 1.54) is 13.3 Å². The van der Waals surface area contributed by atoms with E-state index in [0.29, 0.717) is 4.86 Å². The number of nitrogens with zero attached hydrogens (tertiary/aromatic N) is 2. The van der Waals surface area contributed by atoms with Crippen molar-refractivity contribution in [1.29, 1.82) is 0 Å². The molecule has 0 bridgehead atoms. The van der Waals surface area contributed by atoms with Crippen LogP contribution in [0.25, 0.3) is 0 Å². The van der Waals surface area contributed by atoms with Crippen molar-refractivity contribution in [3.8, 4) is 0 Å². The third-order valence-electron chi connectivity index (χ3n) is 0.526. The fourth-order valence-electron chi connectivity index (χ4n) is 0.174. The first kappa shape index (κ1) is 6.94. The first-order valence-electron chi connectivity index (χ1n) is 2.08. The summed E-state index contributed by atoms with van der Waals surface area (Å²) in [6, 6.07) is 0. The van der Waals surface area contributed by atoms with Crippen LogP contribution in [0.2, 0.25) is 0 Å². The monoisotopic (exact) mass is 116 g/mol. The molecule has 0 amide bonds. The van der Waals surface area contributed by atoms with Crippen molar-refractivity contribution in [2.24, 2.45) is 5.11 Å². The smallest absolute Gasteiger partial charge is 0.321 e. The van der Waals surface area contributed by atoms with Gasteiger partial charge in [-0.3, -0.25) is 0 Å². The Bertz CT molecular complexity index is 100. The van der Waals surface area contributed by atoms with Gasteiger partial charge in [0.05, 0.1) is 13.3 Å². The molecule has 0 unspecified atom stereocenters. The maximum Gasteiger partial charge on any atom is 0.321 e. The van der Waals surface area contributed by atoms with Crippen LogP contribution in [0.15, 0.2) is 18.0 Å². The highest BCUT2D eigenvalue weighted by Gasteiger charge is 1.85. The lowest BCUT2D eigenvalue weighted by Gasteiger charge is -1.96. The van der Waals surface area contributed by atoms with Crippen molar-refractivity contribution >= 4 is 0 Å². The Morgan fingerprint density at radius 1 is 2.00 bits per heavy atom. The van der Waals surface area contributed by atoms with E-state index in [1.54, 1.807) is 0 Å². The van der Waals surface area contributed by atoms with Gasteiger partial charge in [-0.15, -0.1) is 0 Å². The average Bonchev–Trinajstić information content (AvgIpc) is 1.83. The minimum atomic E-state index is -0.0833. The summed E-state index contributed by atoms with van der Waals surface area (Å²) >= 11 is 0. The summed E-state index contributed by atoms with van der Waals surface area (Å²) in [5, 5.41) is 13.4. The molecular weight excluding hydrogens is 108 g/mol. The molecule has 0 aliphatic rings. The fraction of sp³-hybridized carbons (Fsp3) is 0.500. The highest BCUT2D eigenvalue weighted by Crippen LogP contribution is 1.75. The number of azo groups is 1. The minimum Gasteiger partial charge on any atom is -0.597 e. The Balaban J connectivity index is 3.24. The molecule has 0 aromatic carbocycles. The van der Waals surface area contributed by atoms with Gasteiger partial charge in [-0.2, -0.15) is 0 Å². The standard InChI is InChI=1S/C4H8N2O2/c1-3-8-4-6(7)5-2/h3H,1,4H2,2H3. The van der Waals surface area contributed by atoms with Gasteiger partial charge in [-0.25, -0.2) is 0 Å². The van der Waals surface area contributed by atoms with Crippen molar-refractivity contribution in [2.75, 3.05) is 13.8 Å². The van der Waals surface area contributed by atoms with Crippen molar-refractivity contribution in [2.45, 2.75) is 0 Å². The van der Waals surface area contributed by atoms with Crippen LogP contribution in [-0.4, -0.2) is 18.6 Å². The molecule has 0 aliphatic heterocycles. The maximum atomic E-state index is 10.1. The lowest BCUT2D eigenvalue weighted by atomic mass is 11.1. The van der Waals surface area contributed by atoms with E-state index < -0.39 is 0 Å². The Morgan fingerprint density at radius 2 is 2.62 bits per heavy atom. The van der Waals surface area contributed by atoms with Crippen LogP contribution in [0, 0.1) is 5.21 Å². The molecule has 0 N–H and O–H groups in total. The van der Waals surface area contributed by atoms with Gasteiger partial charge in [0.25, 0.3) is 0 Å². The molecule has 0 rings (SSSR count). The van der Waals surface area contributed by atoms with Crippen LogP contribution in [0.1, 0.15) is 0 Å². The molecule has 0 radical (unpaired) electrons. The van der Waals surface area contributed by atoms with Gasteiger partial charge in [0.15, 0.2) is 0 Å². The molecule has 0 saturated heterocycles. The summed E-state index contributed by atoms with van der Waals surface area (Å²) in [6.45, 7) is 3.15. The molecule has 0 aromatic heterocycles. The predicted molar refractivity (Wildman–Crippen MR) is 28.1 cm³/mol. The Labute approximate surface area is 47.7 Å². The van der Waals surface area contributed by atoms with Crippen LogP contribution in [0.5, 0.6) is 0 Å². The Hall–Kier alpha value is -1.06. The predicted octanol–water partition coefficient (Wildman–Crippen LogP) is 0.696. The summed E-state index contributed by atoms with van der Waals surface area (Å²) in [6.07, 6.45) is 1.19. The maximum absolute atomic E-state index is 10.1. The van der Waals surface area contributed by atoms with Crippen molar-refractivity contribution in [3.05, 3.63) is 18.0 Å². The number of hydrogen-bond acceptors (Lipinski definition) is 3. The van der Waals surface area contributed by atoms with Gasteiger partial charge >= 0.3 is 6.73 Å². The number of ether oxygens (including phenoxy) is 1. The quantitative estimate of drug-likeness (QED) is 0.179. The van der Waals surface area contributed by atoms with E-state index in [9.17, 15) is 5.21 Å². The van der Waals surface area contributed by atoms with E-state index >= 15 is 0 Å². The highest BCUT2D eigenvalue weighted by atomic mass is 16.6. The normalized spacial score (nSPS) is 10.9. The van der Waals surface area contributed by atoms with Crippen molar-refractivity contribution in [1.82, 2.24) is 0 Å². The summed E-state index contributed by atoms with van der Waals surface area (Å²) < 4.78 is 4.47. The largest absolute Gasteiger partial charge is 0.597 e. The number of hydroxylamine groups is 1. The van der Waals surface area contributed by atoms with Crippen LogP contribution in [0.4, 0.5) is 0 Å². The van der Waals surface area contributed by atoms with E-state index in [1.807, 2.05) is 0 Å². The Kier molecular flexibility index (Phi) is 3.56. The lowest BCUT2D eigenvalue weighted by Crippen LogP contribution is -2.02. The first-order valence-corrected chi connectivity index (χ1v) is 2.08. The highest BCUT2D eigenvalue weighted by molar-refractivity contribution is 4.44. The number of hydrogen-bond donors (Lipinski definition) is 0. The van der Waals surface area contributed by atoms with Crippen LogP contribution >= 0.6 is 0 Å². The summed E-state index contributed by atoms with van der Waals surface area (Å²) in [4.78, 5) is 0.418. The molecule has 46 valence electrons. The van der Waals surface area contributed by atoms with E-state index in [2.05, 4.69) is 16.4 Å². The molecule has 4 heteroatoms. The molecule has 0 saturated carbocycles. The van der Waals surface area contributed by atoms with Gasteiger partial charge in [0.1, 0.15) is 0 Å². The summed E-state index contributed by atoms with van der Waals surface area (Å²) in [7, 11) is 1.39. The van der Waals surface area contributed by atoms with Crippen LogP contribution in [-0.2, 0) is 4.74 Å². The van der Waals surface area contributed by atoms with Gasteiger partial charge in [0.2, 0.25) is 0 Å². The van der Waals surface area contributed by atoms with Crippen LogP contribution < -0.4 is 0 Å². The molecule has 0 spiro atoms. The average molecular weight is 116 g/mol.